The highest BCUT2D eigenvalue weighted by atomic mass is 19.1. The summed E-state index contributed by atoms with van der Waals surface area (Å²) in [6.07, 6.45) is 4.60. The van der Waals surface area contributed by atoms with Crippen molar-refractivity contribution in [2.45, 2.75) is 44.2 Å². The molecule has 0 unspecified atom stereocenters. The van der Waals surface area contributed by atoms with Gasteiger partial charge in [0.05, 0.1) is 12.6 Å². The number of rotatable bonds is 6. The molecular formula is C18H21FN4O2. The maximum absolute atomic E-state index is 13.0. The first-order valence-corrected chi connectivity index (χ1v) is 8.78. The first kappa shape index (κ1) is 16.2. The minimum atomic E-state index is -0.261. The summed E-state index contributed by atoms with van der Waals surface area (Å²) in [4.78, 5) is 18.7. The Morgan fingerprint density at radius 3 is 2.84 bits per heavy atom. The molecule has 1 aromatic heterocycles. The highest BCUT2D eigenvalue weighted by Gasteiger charge is 2.33. The van der Waals surface area contributed by atoms with Crippen molar-refractivity contribution in [3.05, 3.63) is 47.4 Å². The second-order valence-electron chi connectivity index (χ2n) is 6.82. The summed E-state index contributed by atoms with van der Waals surface area (Å²) in [6.45, 7) is 1.23. The fourth-order valence-corrected chi connectivity index (χ4v) is 3.24. The largest absolute Gasteiger partial charge is 0.352 e. The van der Waals surface area contributed by atoms with Crippen LogP contribution in [0, 0.1) is 5.82 Å². The van der Waals surface area contributed by atoms with E-state index in [1.165, 1.54) is 12.1 Å². The van der Waals surface area contributed by atoms with Crippen molar-refractivity contribution in [3.8, 4) is 0 Å². The molecule has 25 heavy (non-hydrogen) atoms. The predicted octanol–water partition coefficient (Wildman–Crippen LogP) is 2.21. The van der Waals surface area contributed by atoms with Gasteiger partial charge < -0.3 is 9.84 Å². The van der Waals surface area contributed by atoms with Gasteiger partial charge in [0.15, 0.2) is 5.82 Å². The molecule has 1 aliphatic heterocycles. The topological polar surface area (TPSA) is 71.3 Å². The van der Waals surface area contributed by atoms with Gasteiger partial charge in [-0.2, -0.15) is 4.98 Å². The zero-order valence-electron chi connectivity index (χ0n) is 13.9. The number of amides is 1. The van der Waals surface area contributed by atoms with Gasteiger partial charge in [0.1, 0.15) is 5.82 Å². The van der Waals surface area contributed by atoms with Gasteiger partial charge in [-0.25, -0.2) is 4.39 Å². The van der Waals surface area contributed by atoms with Gasteiger partial charge >= 0.3 is 0 Å². The Morgan fingerprint density at radius 1 is 1.28 bits per heavy atom. The number of likely N-dealkylation sites (tertiary alicyclic amines) is 1. The number of benzene rings is 1. The molecular weight excluding hydrogens is 323 g/mol. The van der Waals surface area contributed by atoms with Crippen LogP contribution in [-0.4, -0.2) is 40.1 Å². The van der Waals surface area contributed by atoms with E-state index in [0.717, 1.165) is 37.8 Å². The summed E-state index contributed by atoms with van der Waals surface area (Å²) in [6, 6.07) is 6.66. The molecule has 6 nitrogen and oxygen atoms in total. The van der Waals surface area contributed by atoms with Crippen molar-refractivity contribution in [1.29, 1.82) is 0 Å². The molecule has 2 heterocycles. The summed E-state index contributed by atoms with van der Waals surface area (Å²) in [7, 11) is 0. The van der Waals surface area contributed by atoms with Crippen LogP contribution in [0.5, 0.6) is 0 Å². The molecule has 1 N–H and O–H groups in total. The second kappa shape index (κ2) is 6.92. The van der Waals surface area contributed by atoms with E-state index in [0.29, 0.717) is 30.7 Å². The molecule has 0 spiro atoms. The second-order valence-corrected chi connectivity index (χ2v) is 6.82. The predicted molar refractivity (Wildman–Crippen MR) is 88.2 cm³/mol. The Kier molecular flexibility index (Phi) is 4.48. The zero-order valence-corrected chi connectivity index (χ0v) is 13.9. The van der Waals surface area contributed by atoms with Crippen LogP contribution >= 0.6 is 0 Å². The average molecular weight is 344 g/mol. The van der Waals surface area contributed by atoms with Crippen LogP contribution in [-0.2, 0) is 11.2 Å². The summed E-state index contributed by atoms with van der Waals surface area (Å²) in [5.74, 6) is 0.953. The lowest BCUT2D eigenvalue weighted by Gasteiger charge is -2.20. The van der Waals surface area contributed by atoms with Crippen molar-refractivity contribution in [3.63, 3.8) is 0 Å². The van der Waals surface area contributed by atoms with Crippen molar-refractivity contribution >= 4 is 5.91 Å². The maximum atomic E-state index is 13.0. The third-order valence-electron chi connectivity index (χ3n) is 4.70. The summed E-state index contributed by atoms with van der Waals surface area (Å²) in [5.41, 5.74) is 0.931. The van der Waals surface area contributed by atoms with Gasteiger partial charge in [-0.05, 0) is 49.9 Å². The molecule has 2 aromatic rings. The fraction of sp³-hybridized carbons (Fsp3) is 0.500. The third kappa shape index (κ3) is 4.04. The molecule has 0 bridgehead atoms. The van der Waals surface area contributed by atoms with E-state index in [1.54, 1.807) is 12.1 Å². The number of aromatic nitrogens is 2. The summed E-state index contributed by atoms with van der Waals surface area (Å²) < 4.78 is 18.4. The Balaban J connectivity index is 1.39. The minimum absolute atomic E-state index is 0.000536. The zero-order chi connectivity index (χ0) is 17.2. The smallest absolute Gasteiger partial charge is 0.244 e. The highest BCUT2D eigenvalue weighted by Crippen LogP contribution is 2.30. The fourth-order valence-electron chi connectivity index (χ4n) is 3.24. The lowest BCUT2D eigenvalue weighted by molar-refractivity contribution is -0.122. The Morgan fingerprint density at radius 2 is 2.08 bits per heavy atom. The van der Waals surface area contributed by atoms with Crippen LogP contribution < -0.4 is 5.32 Å². The molecule has 1 aromatic carbocycles. The van der Waals surface area contributed by atoms with Crippen LogP contribution in [0.1, 0.15) is 49.0 Å². The molecule has 2 aliphatic rings. The highest BCUT2D eigenvalue weighted by molar-refractivity contribution is 5.78. The third-order valence-corrected chi connectivity index (χ3v) is 4.70. The van der Waals surface area contributed by atoms with E-state index in [1.807, 2.05) is 0 Å². The van der Waals surface area contributed by atoms with Gasteiger partial charge in [0.25, 0.3) is 0 Å². The summed E-state index contributed by atoms with van der Waals surface area (Å²) in [5, 5.41) is 7.06. The molecule has 0 radical (unpaired) electrons. The lowest BCUT2D eigenvalue weighted by Crippen LogP contribution is -2.37. The average Bonchev–Trinajstić information content (AvgIpc) is 3.08. The first-order chi connectivity index (χ1) is 12.2. The van der Waals surface area contributed by atoms with Gasteiger partial charge in [-0.15, -0.1) is 0 Å². The van der Waals surface area contributed by atoms with Gasteiger partial charge in [-0.3, -0.25) is 9.69 Å². The van der Waals surface area contributed by atoms with Crippen LogP contribution in [0.4, 0.5) is 4.39 Å². The quantitative estimate of drug-likeness (QED) is 0.870. The Labute approximate surface area is 145 Å². The van der Waals surface area contributed by atoms with E-state index in [4.69, 9.17) is 4.52 Å². The van der Waals surface area contributed by atoms with E-state index in [9.17, 15) is 9.18 Å². The summed E-state index contributed by atoms with van der Waals surface area (Å²) >= 11 is 0. The van der Waals surface area contributed by atoms with E-state index >= 15 is 0 Å². The first-order valence-electron chi connectivity index (χ1n) is 8.78. The lowest BCUT2D eigenvalue weighted by atomic mass is 10.1. The standard InChI is InChI=1S/C18H21FN4O2/c19-13-5-3-12(4-6-13)10-16-21-18(25-22-16)15-2-1-9-23(15)11-17(24)20-14-7-8-14/h3-6,14-15H,1-2,7-11H2,(H,20,24)/t15-/m0/s1. The van der Waals surface area contributed by atoms with Gasteiger partial charge in [-0.1, -0.05) is 17.3 Å². The van der Waals surface area contributed by atoms with E-state index < -0.39 is 0 Å². The van der Waals surface area contributed by atoms with Crippen molar-refractivity contribution in [2.24, 2.45) is 0 Å². The Bertz CT molecular complexity index is 742. The molecule has 4 rings (SSSR count). The molecule has 1 saturated heterocycles. The van der Waals surface area contributed by atoms with Crippen molar-refractivity contribution in [1.82, 2.24) is 20.4 Å². The molecule has 1 amide bonds. The number of nitrogens with zero attached hydrogens (tertiary/aromatic N) is 3. The van der Waals surface area contributed by atoms with Gasteiger partial charge in [0.2, 0.25) is 11.8 Å². The number of carbonyl (C=O) groups excluding carboxylic acids is 1. The monoisotopic (exact) mass is 344 g/mol. The number of hydrogen-bond donors (Lipinski definition) is 1. The van der Waals surface area contributed by atoms with Crippen LogP contribution in [0.2, 0.25) is 0 Å². The van der Waals surface area contributed by atoms with Crippen molar-refractivity contribution in [2.75, 3.05) is 13.1 Å². The number of carbonyl (C=O) groups is 1. The number of halogens is 1. The van der Waals surface area contributed by atoms with Gasteiger partial charge in [0, 0.05) is 12.5 Å². The molecule has 2 fully saturated rings. The minimum Gasteiger partial charge on any atom is -0.352 e. The van der Waals surface area contributed by atoms with E-state index in [-0.39, 0.29) is 17.8 Å². The molecule has 1 aliphatic carbocycles. The SMILES string of the molecule is O=C(CN1CCC[C@H]1c1nc(Cc2ccc(F)cc2)no1)NC1CC1. The van der Waals surface area contributed by atoms with Crippen LogP contribution in [0.3, 0.4) is 0 Å². The maximum Gasteiger partial charge on any atom is 0.244 e. The van der Waals surface area contributed by atoms with E-state index in [2.05, 4.69) is 20.4 Å². The molecule has 132 valence electrons. The molecule has 1 atom stereocenters. The van der Waals surface area contributed by atoms with Crippen molar-refractivity contribution < 1.29 is 13.7 Å². The number of hydrogen-bond acceptors (Lipinski definition) is 5. The van der Waals surface area contributed by atoms with Crippen LogP contribution in [0.25, 0.3) is 0 Å². The van der Waals surface area contributed by atoms with Crippen LogP contribution in [0.15, 0.2) is 28.8 Å². The molecule has 1 saturated carbocycles. The number of nitrogens with one attached hydrogen (secondary N) is 1. The normalized spacial score (nSPS) is 20.8. The molecule has 7 heteroatoms. The Hall–Kier alpha value is -2.28.